The Balaban J connectivity index is 1.98. The zero-order valence-corrected chi connectivity index (χ0v) is 14.4. The molecule has 1 aromatic carbocycles. The van der Waals surface area contributed by atoms with Crippen LogP contribution in [0.1, 0.15) is 51.5 Å². The predicted molar refractivity (Wildman–Crippen MR) is 94.6 cm³/mol. The average molecular weight is 318 g/mol. The first-order valence-corrected chi connectivity index (χ1v) is 8.90. The largest absolute Gasteiger partial charge is 0.392 e. The van der Waals surface area contributed by atoms with Gasteiger partial charge < -0.3 is 10.4 Å². The summed E-state index contributed by atoms with van der Waals surface area (Å²) in [6.07, 6.45) is 6.48. The second-order valence-corrected chi connectivity index (χ2v) is 6.63. The number of hydrogen-bond donors (Lipinski definition) is 2. The summed E-state index contributed by atoms with van der Waals surface area (Å²) in [4.78, 5) is 14.6. The molecular formula is C19H30N2O2. The van der Waals surface area contributed by atoms with Crippen LogP contribution in [-0.4, -0.2) is 41.1 Å². The number of aryl methyl sites for hydroxylation is 1. The van der Waals surface area contributed by atoms with Crippen molar-refractivity contribution in [3.05, 3.63) is 29.8 Å². The van der Waals surface area contributed by atoms with Crippen molar-refractivity contribution in [3.63, 3.8) is 0 Å². The Hall–Kier alpha value is -1.39. The summed E-state index contributed by atoms with van der Waals surface area (Å²) in [5, 5.41) is 12.8. The van der Waals surface area contributed by atoms with E-state index in [-0.39, 0.29) is 5.91 Å². The van der Waals surface area contributed by atoms with Gasteiger partial charge in [-0.15, -0.1) is 0 Å². The lowest BCUT2D eigenvalue weighted by Crippen LogP contribution is -2.45. The first kappa shape index (κ1) is 18.0. The summed E-state index contributed by atoms with van der Waals surface area (Å²) in [5.41, 5.74) is 2.06. The first-order valence-electron chi connectivity index (χ1n) is 8.90. The quantitative estimate of drug-likeness (QED) is 0.812. The number of nitrogens with one attached hydrogen (secondary N) is 1. The maximum Gasteiger partial charge on any atom is 0.238 e. The Kier molecular flexibility index (Phi) is 7.06. The number of rotatable bonds is 7. The zero-order chi connectivity index (χ0) is 16.7. The van der Waals surface area contributed by atoms with E-state index in [1.54, 1.807) is 6.92 Å². The minimum Gasteiger partial charge on any atom is -0.392 e. The van der Waals surface area contributed by atoms with Crippen LogP contribution in [-0.2, 0) is 11.2 Å². The molecule has 1 saturated carbocycles. The van der Waals surface area contributed by atoms with Crippen LogP contribution < -0.4 is 5.32 Å². The highest BCUT2D eigenvalue weighted by atomic mass is 16.3. The number of aliphatic hydroxyl groups excluding tert-OH is 1. The third kappa shape index (κ3) is 5.63. The number of carbonyl (C=O) groups excluding carboxylic acids is 1. The molecular weight excluding hydrogens is 288 g/mol. The van der Waals surface area contributed by atoms with Crippen molar-refractivity contribution in [1.82, 2.24) is 4.90 Å². The molecule has 1 fully saturated rings. The van der Waals surface area contributed by atoms with Crippen molar-refractivity contribution in [3.8, 4) is 0 Å². The van der Waals surface area contributed by atoms with E-state index in [1.807, 2.05) is 24.3 Å². The average Bonchev–Trinajstić information content (AvgIpc) is 2.55. The number of carbonyl (C=O) groups is 1. The van der Waals surface area contributed by atoms with Crippen molar-refractivity contribution >= 4 is 11.6 Å². The second-order valence-electron chi connectivity index (χ2n) is 6.63. The van der Waals surface area contributed by atoms with Crippen LogP contribution in [0.2, 0.25) is 0 Å². The van der Waals surface area contributed by atoms with Crippen molar-refractivity contribution in [1.29, 1.82) is 0 Å². The molecule has 0 bridgehead atoms. The fourth-order valence-corrected chi connectivity index (χ4v) is 3.45. The molecule has 4 heteroatoms. The molecule has 1 unspecified atom stereocenters. The van der Waals surface area contributed by atoms with Crippen molar-refractivity contribution in [2.24, 2.45) is 0 Å². The molecule has 2 N–H and O–H groups in total. The molecule has 2 rings (SSSR count). The van der Waals surface area contributed by atoms with E-state index in [1.165, 1.54) is 19.3 Å². The van der Waals surface area contributed by atoms with Crippen LogP contribution in [0.4, 0.5) is 5.69 Å². The molecule has 23 heavy (non-hydrogen) atoms. The van der Waals surface area contributed by atoms with E-state index >= 15 is 0 Å². The van der Waals surface area contributed by atoms with Crippen LogP contribution in [0.15, 0.2) is 24.3 Å². The fourth-order valence-electron chi connectivity index (χ4n) is 3.45. The van der Waals surface area contributed by atoms with E-state index in [0.29, 0.717) is 19.1 Å². The van der Waals surface area contributed by atoms with Gasteiger partial charge >= 0.3 is 0 Å². The van der Waals surface area contributed by atoms with Crippen LogP contribution in [0, 0.1) is 0 Å². The SMILES string of the molecule is CCc1ccccc1NC(=O)CN(CC(C)O)C1CCCCC1. The monoisotopic (exact) mass is 318 g/mol. The molecule has 4 nitrogen and oxygen atoms in total. The fraction of sp³-hybridized carbons (Fsp3) is 0.632. The summed E-state index contributed by atoms with van der Waals surface area (Å²) >= 11 is 0. The van der Waals surface area contributed by atoms with Gasteiger partial charge in [0.15, 0.2) is 0 Å². The molecule has 0 heterocycles. The lowest BCUT2D eigenvalue weighted by atomic mass is 9.94. The zero-order valence-electron chi connectivity index (χ0n) is 14.4. The molecule has 0 spiro atoms. The maximum absolute atomic E-state index is 12.5. The van der Waals surface area contributed by atoms with Gasteiger partial charge in [0.05, 0.1) is 12.6 Å². The predicted octanol–water partition coefficient (Wildman–Crippen LogP) is 3.20. The number of para-hydroxylation sites is 1. The molecule has 1 atom stereocenters. The normalized spacial score (nSPS) is 17.2. The van der Waals surface area contributed by atoms with Gasteiger partial charge in [0.2, 0.25) is 5.91 Å². The first-order chi connectivity index (χ1) is 11.1. The molecule has 1 aromatic rings. The second kappa shape index (κ2) is 9.04. The van der Waals surface area contributed by atoms with Crippen LogP contribution in [0.25, 0.3) is 0 Å². The summed E-state index contributed by atoms with van der Waals surface area (Å²) in [6, 6.07) is 8.37. The van der Waals surface area contributed by atoms with Crippen molar-refractivity contribution in [2.45, 2.75) is 64.5 Å². The Labute approximate surface area is 139 Å². The minimum atomic E-state index is -0.410. The van der Waals surface area contributed by atoms with Crippen LogP contribution in [0.5, 0.6) is 0 Å². The third-order valence-electron chi connectivity index (χ3n) is 4.61. The number of hydrogen-bond acceptors (Lipinski definition) is 3. The van der Waals surface area contributed by atoms with E-state index in [2.05, 4.69) is 17.1 Å². The van der Waals surface area contributed by atoms with Crippen LogP contribution >= 0.6 is 0 Å². The Morgan fingerprint density at radius 1 is 1.30 bits per heavy atom. The van der Waals surface area contributed by atoms with Gasteiger partial charge in [-0.1, -0.05) is 44.4 Å². The molecule has 1 aliphatic rings. The molecule has 128 valence electrons. The standard InChI is InChI=1S/C19H30N2O2/c1-3-16-9-7-8-12-18(16)20-19(23)14-21(13-15(2)22)17-10-5-4-6-11-17/h7-9,12,15,17,22H,3-6,10-11,13-14H2,1-2H3,(H,20,23). The van der Waals surface area contributed by atoms with E-state index < -0.39 is 6.10 Å². The van der Waals surface area contributed by atoms with Gasteiger partial charge in [-0.2, -0.15) is 0 Å². The molecule has 1 amide bonds. The van der Waals surface area contributed by atoms with Crippen molar-refractivity contribution < 1.29 is 9.90 Å². The van der Waals surface area contributed by atoms with Gasteiger partial charge in [0.25, 0.3) is 0 Å². The topological polar surface area (TPSA) is 52.6 Å². The number of aliphatic hydroxyl groups is 1. The molecule has 1 aliphatic carbocycles. The highest BCUT2D eigenvalue weighted by molar-refractivity contribution is 5.93. The van der Waals surface area contributed by atoms with Gasteiger partial charge in [-0.25, -0.2) is 0 Å². The number of benzene rings is 1. The number of anilines is 1. The van der Waals surface area contributed by atoms with E-state index in [4.69, 9.17) is 0 Å². The summed E-state index contributed by atoms with van der Waals surface area (Å²) in [5.74, 6) is 0.0112. The minimum absolute atomic E-state index is 0.0112. The highest BCUT2D eigenvalue weighted by Gasteiger charge is 2.24. The molecule has 0 aromatic heterocycles. The highest BCUT2D eigenvalue weighted by Crippen LogP contribution is 2.23. The molecule has 0 radical (unpaired) electrons. The summed E-state index contributed by atoms with van der Waals surface area (Å²) in [7, 11) is 0. The van der Waals surface area contributed by atoms with Gasteiger partial charge in [-0.3, -0.25) is 9.69 Å². The Bertz CT molecular complexity index is 496. The van der Waals surface area contributed by atoms with Crippen LogP contribution in [0.3, 0.4) is 0 Å². The van der Waals surface area contributed by atoms with Gasteiger partial charge in [0.1, 0.15) is 0 Å². The van der Waals surface area contributed by atoms with E-state index in [9.17, 15) is 9.90 Å². The summed E-state index contributed by atoms with van der Waals surface area (Å²) in [6.45, 7) is 4.80. The summed E-state index contributed by atoms with van der Waals surface area (Å²) < 4.78 is 0. The Morgan fingerprint density at radius 2 is 2.00 bits per heavy atom. The third-order valence-corrected chi connectivity index (χ3v) is 4.61. The Morgan fingerprint density at radius 3 is 2.65 bits per heavy atom. The molecule has 0 saturated heterocycles. The maximum atomic E-state index is 12.5. The van der Waals surface area contributed by atoms with Crippen molar-refractivity contribution in [2.75, 3.05) is 18.4 Å². The van der Waals surface area contributed by atoms with E-state index in [0.717, 1.165) is 30.5 Å². The lowest BCUT2D eigenvalue weighted by Gasteiger charge is -2.34. The lowest BCUT2D eigenvalue weighted by molar-refractivity contribution is -0.118. The number of nitrogens with zero attached hydrogens (tertiary/aromatic N) is 1. The van der Waals surface area contributed by atoms with Gasteiger partial charge in [0, 0.05) is 18.3 Å². The molecule has 0 aliphatic heterocycles. The van der Waals surface area contributed by atoms with Gasteiger partial charge in [-0.05, 0) is 37.8 Å². The smallest absolute Gasteiger partial charge is 0.238 e. The number of amides is 1.